The molecule has 1 aromatic carbocycles. The number of hydrogen-bond donors (Lipinski definition) is 1. The molecule has 5 heteroatoms. The Bertz CT molecular complexity index is 446. The SMILES string of the molecule is CN(C)CCCN(CCC(=O)O)C(=O)Cc1ccccc1. The lowest BCUT2D eigenvalue weighted by Gasteiger charge is -2.23. The van der Waals surface area contributed by atoms with Gasteiger partial charge in [-0.05, 0) is 32.6 Å². The van der Waals surface area contributed by atoms with Crippen LogP contribution in [0.25, 0.3) is 0 Å². The Labute approximate surface area is 126 Å². The van der Waals surface area contributed by atoms with Gasteiger partial charge in [-0.2, -0.15) is 0 Å². The first-order valence-corrected chi connectivity index (χ1v) is 7.17. The van der Waals surface area contributed by atoms with Crippen molar-refractivity contribution in [2.24, 2.45) is 0 Å². The molecular weight excluding hydrogens is 268 g/mol. The molecule has 1 aromatic rings. The lowest BCUT2D eigenvalue weighted by atomic mass is 10.1. The maximum atomic E-state index is 12.3. The monoisotopic (exact) mass is 292 g/mol. The van der Waals surface area contributed by atoms with Gasteiger partial charge in [0.25, 0.3) is 0 Å². The summed E-state index contributed by atoms with van der Waals surface area (Å²) in [5.74, 6) is -0.888. The molecule has 0 unspecified atom stereocenters. The Balaban J connectivity index is 2.56. The molecule has 0 heterocycles. The minimum absolute atomic E-state index is 0.0114. The van der Waals surface area contributed by atoms with Gasteiger partial charge in [-0.25, -0.2) is 0 Å². The van der Waals surface area contributed by atoms with Gasteiger partial charge in [0.1, 0.15) is 0 Å². The third-order valence-electron chi connectivity index (χ3n) is 3.18. The van der Waals surface area contributed by atoms with E-state index in [9.17, 15) is 9.59 Å². The number of hydrogen-bond acceptors (Lipinski definition) is 3. The zero-order chi connectivity index (χ0) is 15.7. The Morgan fingerprint density at radius 1 is 1.05 bits per heavy atom. The van der Waals surface area contributed by atoms with Crippen molar-refractivity contribution in [2.45, 2.75) is 19.3 Å². The van der Waals surface area contributed by atoms with Crippen LogP contribution in [0.3, 0.4) is 0 Å². The van der Waals surface area contributed by atoms with Crippen LogP contribution in [0.15, 0.2) is 30.3 Å². The van der Waals surface area contributed by atoms with Gasteiger partial charge < -0.3 is 14.9 Å². The molecule has 0 aromatic heterocycles. The Morgan fingerprint density at radius 3 is 2.29 bits per heavy atom. The molecule has 0 radical (unpaired) electrons. The van der Waals surface area contributed by atoms with Gasteiger partial charge in [0.05, 0.1) is 12.8 Å². The predicted molar refractivity (Wildman–Crippen MR) is 82.1 cm³/mol. The van der Waals surface area contributed by atoms with Crippen molar-refractivity contribution in [3.63, 3.8) is 0 Å². The second kappa shape index (κ2) is 9.13. The molecule has 0 saturated carbocycles. The van der Waals surface area contributed by atoms with Crippen molar-refractivity contribution < 1.29 is 14.7 Å². The van der Waals surface area contributed by atoms with Crippen LogP contribution in [0, 0.1) is 0 Å². The smallest absolute Gasteiger partial charge is 0.305 e. The van der Waals surface area contributed by atoms with Crippen LogP contribution in [-0.4, -0.2) is 60.5 Å². The molecule has 116 valence electrons. The molecule has 0 spiro atoms. The summed E-state index contributed by atoms with van der Waals surface area (Å²) in [6, 6.07) is 9.53. The van der Waals surface area contributed by atoms with Crippen molar-refractivity contribution in [3.8, 4) is 0 Å². The van der Waals surface area contributed by atoms with E-state index in [-0.39, 0.29) is 18.9 Å². The molecule has 0 aliphatic rings. The van der Waals surface area contributed by atoms with Crippen LogP contribution in [0.5, 0.6) is 0 Å². The normalized spacial score (nSPS) is 10.6. The number of carbonyl (C=O) groups excluding carboxylic acids is 1. The summed E-state index contributed by atoms with van der Waals surface area (Å²) in [4.78, 5) is 26.8. The van der Waals surface area contributed by atoms with E-state index >= 15 is 0 Å². The first-order chi connectivity index (χ1) is 9.99. The van der Waals surface area contributed by atoms with Gasteiger partial charge in [-0.3, -0.25) is 9.59 Å². The quantitative estimate of drug-likeness (QED) is 0.749. The lowest BCUT2D eigenvalue weighted by molar-refractivity contribution is -0.138. The van der Waals surface area contributed by atoms with Gasteiger partial charge in [-0.15, -0.1) is 0 Å². The Hall–Kier alpha value is -1.88. The topological polar surface area (TPSA) is 60.9 Å². The van der Waals surface area contributed by atoms with Crippen LogP contribution < -0.4 is 0 Å². The van der Waals surface area contributed by atoms with Crippen LogP contribution >= 0.6 is 0 Å². The largest absolute Gasteiger partial charge is 0.481 e. The maximum Gasteiger partial charge on any atom is 0.305 e. The molecule has 1 rings (SSSR count). The third-order valence-corrected chi connectivity index (χ3v) is 3.18. The van der Waals surface area contributed by atoms with E-state index in [0.29, 0.717) is 13.0 Å². The fourth-order valence-electron chi connectivity index (χ4n) is 2.05. The molecule has 0 bridgehead atoms. The van der Waals surface area contributed by atoms with Crippen molar-refractivity contribution in [1.29, 1.82) is 0 Å². The zero-order valence-electron chi connectivity index (χ0n) is 12.8. The first-order valence-electron chi connectivity index (χ1n) is 7.17. The summed E-state index contributed by atoms with van der Waals surface area (Å²) >= 11 is 0. The summed E-state index contributed by atoms with van der Waals surface area (Å²) in [6.07, 6.45) is 1.15. The van der Waals surface area contributed by atoms with E-state index < -0.39 is 5.97 Å². The van der Waals surface area contributed by atoms with Gasteiger partial charge in [0.15, 0.2) is 0 Å². The second-order valence-corrected chi connectivity index (χ2v) is 5.34. The third kappa shape index (κ3) is 7.46. The molecule has 0 fully saturated rings. The molecule has 0 aliphatic carbocycles. The molecule has 0 saturated heterocycles. The summed E-state index contributed by atoms with van der Waals surface area (Å²) in [5, 5.41) is 8.80. The number of benzene rings is 1. The standard InChI is InChI=1S/C16H24N2O3/c1-17(2)10-6-11-18(12-9-16(20)21)15(19)13-14-7-4-3-5-8-14/h3-5,7-8H,6,9-13H2,1-2H3,(H,20,21). The predicted octanol–water partition coefficient (Wildman–Crippen LogP) is 1.48. The van der Waals surface area contributed by atoms with Gasteiger partial charge >= 0.3 is 5.97 Å². The number of amides is 1. The van der Waals surface area contributed by atoms with Crippen molar-refractivity contribution in [1.82, 2.24) is 9.80 Å². The molecule has 0 aliphatic heterocycles. The number of rotatable bonds is 9. The number of carboxylic acids is 1. The minimum Gasteiger partial charge on any atom is -0.481 e. The molecule has 1 amide bonds. The van der Waals surface area contributed by atoms with Crippen LogP contribution in [0.4, 0.5) is 0 Å². The lowest BCUT2D eigenvalue weighted by Crippen LogP contribution is -2.36. The minimum atomic E-state index is -0.875. The van der Waals surface area contributed by atoms with Gasteiger partial charge in [0, 0.05) is 13.1 Å². The van der Waals surface area contributed by atoms with E-state index in [1.165, 1.54) is 0 Å². The van der Waals surface area contributed by atoms with E-state index in [4.69, 9.17) is 5.11 Å². The molecular formula is C16H24N2O3. The van der Waals surface area contributed by atoms with Crippen LogP contribution in [0.1, 0.15) is 18.4 Å². The maximum absolute atomic E-state index is 12.3. The Kier molecular flexibility index (Phi) is 7.46. The molecule has 21 heavy (non-hydrogen) atoms. The van der Waals surface area contributed by atoms with Gasteiger partial charge in [0.2, 0.25) is 5.91 Å². The van der Waals surface area contributed by atoms with Gasteiger partial charge in [-0.1, -0.05) is 30.3 Å². The second-order valence-electron chi connectivity index (χ2n) is 5.34. The van der Waals surface area contributed by atoms with Crippen LogP contribution in [0.2, 0.25) is 0 Å². The first kappa shape index (κ1) is 17.2. The zero-order valence-corrected chi connectivity index (χ0v) is 12.8. The number of nitrogens with zero attached hydrogens (tertiary/aromatic N) is 2. The summed E-state index contributed by atoms with van der Waals surface area (Å²) < 4.78 is 0. The van der Waals surface area contributed by atoms with E-state index in [1.54, 1.807) is 4.90 Å². The average molecular weight is 292 g/mol. The average Bonchev–Trinajstić information content (AvgIpc) is 2.43. The van der Waals surface area contributed by atoms with E-state index in [0.717, 1.165) is 18.5 Å². The fraction of sp³-hybridized carbons (Fsp3) is 0.500. The number of carboxylic acid groups (broad SMARTS) is 1. The van der Waals surface area contributed by atoms with Crippen LogP contribution in [-0.2, 0) is 16.0 Å². The highest BCUT2D eigenvalue weighted by molar-refractivity contribution is 5.79. The van der Waals surface area contributed by atoms with E-state index in [2.05, 4.69) is 4.90 Å². The fourth-order valence-corrected chi connectivity index (χ4v) is 2.05. The summed E-state index contributed by atoms with van der Waals surface area (Å²) in [5.41, 5.74) is 0.954. The highest BCUT2D eigenvalue weighted by Gasteiger charge is 2.15. The molecule has 5 nitrogen and oxygen atoms in total. The highest BCUT2D eigenvalue weighted by atomic mass is 16.4. The van der Waals surface area contributed by atoms with E-state index in [1.807, 2.05) is 44.4 Å². The van der Waals surface area contributed by atoms with Crippen molar-refractivity contribution in [2.75, 3.05) is 33.7 Å². The van der Waals surface area contributed by atoms with Crippen molar-refractivity contribution >= 4 is 11.9 Å². The Morgan fingerprint density at radius 2 is 1.71 bits per heavy atom. The number of aliphatic carboxylic acids is 1. The highest BCUT2D eigenvalue weighted by Crippen LogP contribution is 2.05. The summed E-state index contributed by atoms with van der Waals surface area (Å²) in [6.45, 7) is 1.74. The van der Waals surface area contributed by atoms with Crippen molar-refractivity contribution in [3.05, 3.63) is 35.9 Å². The summed E-state index contributed by atoms with van der Waals surface area (Å²) in [7, 11) is 3.96. The number of carbonyl (C=O) groups is 2. The molecule has 1 N–H and O–H groups in total. The molecule has 0 atom stereocenters.